The maximum Gasteiger partial charge on any atom is 0.325 e. The second-order valence-corrected chi connectivity index (χ2v) is 8.05. The number of imide groups is 1. The average Bonchev–Trinajstić information content (AvgIpc) is 2.92. The van der Waals surface area contributed by atoms with Gasteiger partial charge in [-0.1, -0.05) is 43.0 Å². The van der Waals surface area contributed by atoms with Crippen LogP contribution in [0.3, 0.4) is 0 Å². The van der Waals surface area contributed by atoms with E-state index in [0.29, 0.717) is 23.4 Å². The largest absolute Gasteiger partial charge is 0.325 e. The fraction of sp³-hybridized carbons (Fsp3) is 0.500. The predicted octanol–water partition coefficient (Wildman–Crippen LogP) is 2.79. The standard InChI is InChI=1S/C20H23ClN4O3/c1-19(14-6-8-15(21)9-7-14)17(27)25(18(28)23-19)12-16(26)24(2)20(13-22)10-4-3-5-11-20/h6-9H,3-5,10-12H2,1-2H3,(H,23,28). The number of carbonyl (C=O) groups is 3. The van der Waals surface area contributed by atoms with E-state index >= 15 is 0 Å². The van der Waals surface area contributed by atoms with Crippen molar-refractivity contribution in [2.75, 3.05) is 13.6 Å². The van der Waals surface area contributed by atoms with E-state index in [-0.39, 0.29) is 0 Å². The lowest BCUT2D eigenvalue weighted by molar-refractivity contribution is -0.141. The lowest BCUT2D eigenvalue weighted by atomic mass is 9.81. The van der Waals surface area contributed by atoms with Crippen molar-refractivity contribution in [3.8, 4) is 6.07 Å². The number of likely N-dealkylation sites (N-methyl/N-ethyl adjacent to an activating group) is 1. The summed E-state index contributed by atoms with van der Waals surface area (Å²) in [6, 6.07) is 8.28. The third-order valence-electron chi connectivity index (χ3n) is 5.89. The van der Waals surface area contributed by atoms with Crippen LogP contribution in [0.15, 0.2) is 24.3 Å². The molecule has 3 rings (SSSR count). The number of hydrogen-bond acceptors (Lipinski definition) is 4. The smallest absolute Gasteiger partial charge is 0.325 e. The molecular weight excluding hydrogens is 380 g/mol. The Bertz CT molecular complexity index is 842. The van der Waals surface area contributed by atoms with Gasteiger partial charge in [-0.25, -0.2) is 4.79 Å². The van der Waals surface area contributed by atoms with Gasteiger partial charge in [0.05, 0.1) is 6.07 Å². The molecule has 1 heterocycles. The molecule has 1 aliphatic heterocycles. The molecule has 0 spiro atoms. The number of hydrogen-bond donors (Lipinski definition) is 1. The van der Waals surface area contributed by atoms with Crippen molar-refractivity contribution < 1.29 is 14.4 Å². The van der Waals surface area contributed by atoms with Crippen LogP contribution in [0.1, 0.15) is 44.6 Å². The first-order chi connectivity index (χ1) is 13.2. The lowest BCUT2D eigenvalue weighted by Gasteiger charge is -2.39. The van der Waals surface area contributed by atoms with Crippen LogP contribution in [0.4, 0.5) is 4.79 Å². The van der Waals surface area contributed by atoms with Crippen molar-refractivity contribution in [3.05, 3.63) is 34.9 Å². The van der Waals surface area contributed by atoms with Crippen LogP contribution in [-0.2, 0) is 15.1 Å². The van der Waals surface area contributed by atoms with Gasteiger partial charge in [-0.3, -0.25) is 14.5 Å². The highest BCUT2D eigenvalue weighted by atomic mass is 35.5. The highest BCUT2D eigenvalue weighted by Crippen LogP contribution is 2.33. The molecule has 7 nitrogen and oxygen atoms in total. The Balaban J connectivity index is 1.78. The summed E-state index contributed by atoms with van der Waals surface area (Å²) in [6.45, 7) is 1.20. The minimum atomic E-state index is -1.27. The summed E-state index contributed by atoms with van der Waals surface area (Å²) in [7, 11) is 1.58. The maximum absolute atomic E-state index is 13.0. The van der Waals surface area contributed by atoms with Crippen LogP contribution in [0.2, 0.25) is 5.02 Å². The van der Waals surface area contributed by atoms with Gasteiger partial charge < -0.3 is 10.2 Å². The van der Waals surface area contributed by atoms with E-state index in [1.807, 2.05) is 0 Å². The fourth-order valence-electron chi connectivity index (χ4n) is 3.96. The first-order valence-electron chi connectivity index (χ1n) is 9.31. The summed E-state index contributed by atoms with van der Waals surface area (Å²) >= 11 is 5.90. The van der Waals surface area contributed by atoms with Gasteiger partial charge in [0.25, 0.3) is 5.91 Å². The molecule has 4 amide bonds. The summed E-state index contributed by atoms with van der Waals surface area (Å²) in [6.07, 6.45) is 4.01. The molecule has 1 aliphatic carbocycles. The Labute approximate surface area is 169 Å². The molecule has 148 valence electrons. The van der Waals surface area contributed by atoms with Crippen molar-refractivity contribution >= 4 is 29.4 Å². The van der Waals surface area contributed by atoms with Gasteiger partial charge in [0.15, 0.2) is 0 Å². The lowest BCUT2D eigenvalue weighted by Crippen LogP contribution is -2.53. The molecule has 1 unspecified atom stereocenters. The second-order valence-electron chi connectivity index (χ2n) is 7.61. The highest BCUT2D eigenvalue weighted by Gasteiger charge is 2.50. The average molecular weight is 403 g/mol. The first kappa shape index (κ1) is 20.2. The number of halogens is 1. The predicted molar refractivity (Wildman–Crippen MR) is 103 cm³/mol. The third-order valence-corrected chi connectivity index (χ3v) is 6.15. The Morgan fingerprint density at radius 3 is 2.43 bits per heavy atom. The summed E-state index contributed by atoms with van der Waals surface area (Å²) < 4.78 is 0. The second kappa shape index (κ2) is 7.44. The fourth-order valence-corrected chi connectivity index (χ4v) is 4.08. The van der Waals surface area contributed by atoms with Gasteiger partial charge in [-0.2, -0.15) is 5.26 Å². The van der Waals surface area contributed by atoms with Gasteiger partial charge in [0.2, 0.25) is 5.91 Å². The highest BCUT2D eigenvalue weighted by molar-refractivity contribution is 6.30. The normalized spacial score (nSPS) is 23.9. The molecule has 1 saturated carbocycles. The van der Waals surface area contributed by atoms with Gasteiger partial charge >= 0.3 is 6.03 Å². The van der Waals surface area contributed by atoms with E-state index in [2.05, 4.69) is 11.4 Å². The molecule has 1 atom stereocenters. The minimum Gasteiger partial charge on any atom is -0.325 e. The molecule has 28 heavy (non-hydrogen) atoms. The maximum atomic E-state index is 13.0. The van der Waals surface area contributed by atoms with Gasteiger partial charge in [-0.05, 0) is 37.5 Å². The number of nitrogens with one attached hydrogen (secondary N) is 1. The number of nitriles is 1. The Morgan fingerprint density at radius 2 is 1.86 bits per heavy atom. The summed E-state index contributed by atoms with van der Waals surface area (Å²) in [5.41, 5.74) is -1.55. The van der Waals surface area contributed by atoms with E-state index in [0.717, 1.165) is 24.2 Å². The molecule has 2 fully saturated rings. The van der Waals surface area contributed by atoms with E-state index in [1.54, 1.807) is 38.2 Å². The molecule has 1 aromatic carbocycles. The number of nitrogens with zero attached hydrogens (tertiary/aromatic N) is 3. The van der Waals surface area contributed by atoms with Gasteiger partial charge in [0, 0.05) is 12.1 Å². The Kier molecular flexibility index (Phi) is 5.35. The molecule has 1 aromatic rings. The van der Waals surface area contributed by atoms with Crippen molar-refractivity contribution in [3.63, 3.8) is 0 Å². The third kappa shape index (κ3) is 3.33. The minimum absolute atomic E-state index is 0.395. The van der Waals surface area contributed by atoms with Crippen LogP contribution in [0.5, 0.6) is 0 Å². The van der Waals surface area contributed by atoms with Crippen molar-refractivity contribution in [2.24, 2.45) is 0 Å². The van der Waals surface area contributed by atoms with E-state index in [9.17, 15) is 19.6 Å². The number of carbonyl (C=O) groups excluding carboxylic acids is 3. The first-order valence-corrected chi connectivity index (χ1v) is 9.69. The SMILES string of the molecule is CN(C(=O)CN1C(=O)NC(C)(c2ccc(Cl)cc2)C1=O)C1(C#N)CCCCC1. The molecule has 1 saturated heterocycles. The molecule has 0 radical (unpaired) electrons. The zero-order chi connectivity index (χ0) is 20.5. The van der Waals surface area contributed by atoms with Crippen LogP contribution in [0.25, 0.3) is 0 Å². The number of urea groups is 1. The number of rotatable bonds is 4. The monoisotopic (exact) mass is 402 g/mol. The van der Waals surface area contributed by atoms with E-state index in [4.69, 9.17) is 11.6 Å². The van der Waals surface area contributed by atoms with Crippen LogP contribution >= 0.6 is 11.6 Å². The molecule has 2 aliphatic rings. The topological polar surface area (TPSA) is 93.5 Å². The van der Waals surface area contributed by atoms with Gasteiger partial charge in [-0.15, -0.1) is 0 Å². The van der Waals surface area contributed by atoms with Gasteiger partial charge in [0.1, 0.15) is 17.6 Å². The Hall–Kier alpha value is -2.59. The molecule has 1 N–H and O–H groups in total. The quantitative estimate of drug-likeness (QED) is 0.783. The summed E-state index contributed by atoms with van der Waals surface area (Å²) in [5, 5.41) is 12.9. The summed E-state index contributed by atoms with van der Waals surface area (Å²) in [5.74, 6) is -0.927. The van der Waals surface area contributed by atoms with Crippen LogP contribution in [0, 0.1) is 11.3 Å². The molecule has 0 bridgehead atoms. The summed E-state index contributed by atoms with van der Waals surface area (Å²) in [4.78, 5) is 40.6. The zero-order valence-electron chi connectivity index (χ0n) is 16.0. The molecule has 0 aromatic heterocycles. The van der Waals surface area contributed by atoms with Crippen molar-refractivity contribution in [1.82, 2.24) is 15.1 Å². The van der Waals surface area contributed by atoms with Crippen LogP contribution in [-0.4, -0.2) is 46.8 Å². The Morgan fingerprint density at radius 1 is 1.25 bits per heavy atom. The van der Waals surface area contributed by atoms with Crippen molar-refractivity contribution in [1.29, 1.82) is 5.26 Å². The molecule has 8 heteroatoms. The van der Waals surface area contributed by atoms with E-state index in [1.165, 1.54) is 4.90 Å². The van der Waals surface area contributed by atoms with Crippen molar-refractivity contribution in [2.45, 2.75) is 50.1 Å². The van der Waals surface area contributed by atoms with E-state index < -0.39 is 35.5 Å². The number of amides is 4. The van der Waals surface area contributed by atoms with Crippen LogP contribution < -0.4 is 5.32 Å². The molecular formula is C20H23ClN4O3. The number of benzene rings is 1. The zero-order valence-corrected chi connectivity index (χ0v) is 16.8.